The van der Waals surface area contributed by atoms with E-state index in [9.17, 15) is 0 Å². The molecular formula is C52H37NSSi. The van der Waals surface area contributed by atoms with Crippen molar-refractivity contribution in [3.05, 3.63) is 224 Å². The highest BCUT2D eigenvalue weighted by Crippen LogP contribution is 2.46. The smallest absolute Gasteiger partial charge is 0.179 e. The highest BCUT2D eigenvalue weighted by atomic mass is 32.1. The first-order valence-corrected chi connectivity index (χ1v) is 21.7. The van der Waals surface area contributed by atoms with E-state index < -0.39 is 8.07 Å². The zero-order valence-electron chi connectivity index (χ0n) is 30.2. The Morgan fingerprint density at radius 2 is 0.764 bits per heavy atom. The van der Waals surface area contributed by atoms with Gasteiger partial charge in [0.05, 0.1) is 10.4 Å². The molecule has 0 saturated heterocycles. The third-order valence-electron chi connectivity index (χ3n) is 11.0. The second-order valence-corrected chi connectivity index (χ2v) is 18.9. The Morgan fingerprint density at radius 1 is 0.309 bits per heavy atom. The molecule has 1 nitrogen and oxygen atoms in total. The van der Waals surface area contributed by atoms with Gasteiger partial charge in [-0.25, -0.2) is 0 Å². The van der Waals surface area contributed by atoms with E-state index in [0.717, 1.165) is 11.4 Å². The van der Waals surface area contributed by atoms with Crippen LogP contribution in [0.15, 0.2) is 224 Å². The molecule has 0 aliphatic rings. The maximum Gasteiger partial charge on any atom is 0.179 e. The first-order valence-electron chi connectivity index (χ1n) is 18.8. The second kappa shape index (κ2) is 14.0. The molecule has 10 aromatic rings. The van der Waals surface area contributed by atoms with E-state index in [4.69, 9.17) is 0 Å². The summed E-state index contributed by atoms with van der Waals surface area (Å²) in [6.07, 6.45) is 0. The van der Waals surface area contributed by atoms with Gasteiger partial charge in [-0.3, -0.25) is 0 Å². The summed E-state index contributed by atoms with van der Waals surface area (Å²) in [6.45, 7) is 0. The van der Waals surface area contributed by atoms with Gasteiger partial charge < -0.3 is 4.90 Å². The molecule has 0 radical (unpaired) electrons. The van der Waals surface area contributed by atoms with Crippen molar-refractivity contribution >= 4 is 88.2 Å². The third kappa shape index (κ3) is 5.68. The number of nitrogens with zero attached hydrogens (tertiary/aromatic N) is 1. The highest BCUT2D eigenvalue weighted by Gasteiger charge is 2.41. The number of rotatable bonds is 8. The van der Waals surface area contributed by atoms with Gasteiger partial charge in [0.2, 0.25) is 0 Å². The lowest BCUT2D eigenvalue weighted by molar-refractivity contribution is 1.30. The molecule has 9 aromatic carbocycles. The molecule has 0 atom stereocenters. The van der Waals surface area contributed by atoms with Crippen LogP contribution in [0, 0.1) is 0 Å². The number of hydrogen-bond donors (Lipinski definition) is 0. The molecule has 260 valence electrons. The molecule has 10 rings (SSSR count). The number of thiophene rings is 1. The molecule has 0 amide bonds. The van der Waals surface area contributed by atoms with Crippen molar-refractivity contribution in [2.45, 2.75) is 0 Å². The van der Waals surface area contributed by atoms with Crippen LogP contribution < -0.4 is 25.6 Å². The Hall–Kier alpha value is -6.52. The zero-order chi connectivity index (χ0) is 36.6. The third-order valence-corrected chi connectivity index (χ3v) is 17.1. The molecule has 0 aliphatic carbocycles. The molecule has 3 heteroatoms. The number of benzene rings is 9. The van der Waals surface area contributed by atoms with Crippen LogP contribution in [-0.2, 0) is 0 Å². The Labute approximate surface area is 327 Å². The first kappa shape index (κ1) is 33.1. The predicted molar refractivity (Wildman–Crippen MR) is 241 cm³/mol. The van der Waals surface area contributed by atoms with Crippen molar-refractivity contribution in [3.63, 3.8) is 0 Å². The first-order chi connectivity index (χ1) is 27.3. The van der Waals surface area contributed by atoms with Crippen LogP contribution in [0.1, 0.15) is 0 Å². The number of fused-ring (bicyclic) bond motifs is 5. The van der Waals surface area contributed by atoms with Crippen LogP contribution in [0.4, 0.5) is 17.1 Å². The average molecular weight is 736 g/mol. The molecular weight excluding hydrogens is 699 g/mol. The Balaban J connectivity index is 1.19. The van der Waals surface area contributed by atoms with E-state index in [0.29, 0.717) is 0 Å². The normalized spacial score (nSPS) is 11.6. The zero-order valence-corrected chi connectivity index (χ0v) is 32.0. The fourth-order valence-corrected chi connectivity index (χ4v) is 14.6. The summed E-state index contributed by atoms with van der Waals surface area (Å²) >= 11 is 1.90. The monoisotopic (exact) mass is 735 g/mol. The molecule has 0 spiro atoms. The summed E-state index contributed by atoms with van der Waals surface area (Å²) in [6, 6.07) is 82.7. The van der Waals surface area contributed by atoms with Gasteiger partial charge in [-0.05, 0) is 73.0 Å². The maximum atomic E-state index is 2.45. The van der Waals surface area contributed by atoms with Crippen molar-refractivity contribution in [1.29, 1.82) is 0 Å². The van der Waals surface area contributed by atoms with E-state index in [2.05, 4.69) is 229 Å². The Bertz CT molecular complexity index is 2790. The van der Waals surface area contributed by atoms with E-state index in [1.165, 1.54) is 68.5 Å². The van der Waals surface area contributed by atoms with Gasteiger partial charge in [-0.15, -0.1) is 11.3 Å². The standard InChI is InChI=1S/C52H37NSSi/c1-5-16-38(17-6-1)39-28-31-41(32-29-39)53(50-27-15-26-48-49-37-30-40-18-13-14-25-47(40)51(49)54-52(48)50)42-33-35-46(36-34-42)55(43-19-7-2-8-20-43,44-21-9-3-10-22-44)45-23-11-4-12-24-45/h1-37H. The minimum Gasteiger partial charge on any atom is -0.309 e. The maximum absolute atomic E-state index is 2.67. The quantitative estimate of drug-likeness (QED) is 0.111. The van der Waals surface area contributed by atoms with E-state index >= 15 is 0 Å². The topological polar surface area (TPSA) is 3.24 Å². The molecule has 0 fully saturated rings. The van der Waals surface area contributed by atoms with E-state index in [1.807, 2.05) is 11.3 Å². The van der Waals surface area contributed by atoms with Gasteiger partial charge in [0, 0.05) is 26.8 Å². The molecule has 1 aromatic heterocycles. The molecule has 0 saturated carbocycles. The van der Waals surface area contributed by atoms with Crippen molar-refractivity contribution in [2.24, 2.45) is 0 Å². The van der Waals surface area contributed by atoms with Crippen LogP contribution in [0.25, 0.3) is 42.1 Å². The van der Waals surface area contributed by atoms with Gasteiger partial charge >= 0.3 is 0 Å². The minimum absolute atomic E-state index is 1.12. The highest BCUT2D eigenvalue weighted by molar-refractivity contribution is 7.27. The summed E-state index contributed by atoms with van der Waals surface area (Å²) in [4.78, 5) is 2.45. The van der Waals surface area contributed by atoms with Crippen LogP contribution in [0.5, 0.6) is 0 Å². The summed E-state index contributed by atoms with van der Waals surface area (Å²) in [5.41, 5.74) is 5.85. The van der Waals surface area contributed by atoms with Crippen LogP contribution in [-0.4, -0.2) is 8.07 Å². The van der Waals surface area contributed by atoms with Gasteiger partial charge in [-0.1, -0.05) is 194 Å². The Kier molecular flexibility index (Phi) is 8.44. The van der Waals surface area contributed by atoms with Crippen molar-refractivity contribution in [3.8, 4) is 11.1 Å². The minimum atomic E-state index is -2.67. The second-order valence-electron chi connectivity index (χ2n) is 14.1. The van der Waals surface area contributed by atoms with Crippen LogP contribution in [0.3, 0.4) is 0 Å². The average Bonchev–Trinajstić information content (AvgIpc) is 3.67. The molecule has 0 N–H and O–H groups in total. The summed E-state index contributed by atoms with van der Waals surface area (Å²) < 4.78 is 2.62. The van der Waals surface area contributed by atoms with Crippen LogP contribution >= 0.6 is 11.3 Å². The SMILES string of the molecule is c1ccc(-c2ccc(N(c3ccc([Si](c4ccccc4)(c4ccccc4)c4ccccc4)cc3)c3cccc4c3sc3c5ccccc5ccc43)cc2)cc1. The van der Waals surface area contributed by atoms with Crippen molar-refractivity contribution in [1.82, 2.24) is 0 Å². The molecule has 0 aliphatic heterocycles. The van der Waals surface area contributed by atoms with E-state index in [-0.39, 0.29) is 0 Å². The largest absolute Gasteiger partial charge is 0.309 e. The lowest BCUT2D eigenvalue weighted by Crippen LogP contribution is -2.74. The van der Waals surface area contributed by atoms with Crippen molar-refractivity contribution in [2.75, 3.05) is 4.90 Å². The number of hydrogen-bond acceptors (Lipinski definition) is 2. The predicted octanol–water partition coefficient (Wildman–Crippen LogP) is 11.7. The number of anilines is 3. The molecule has 0 unspecified atom stereocenters. The van der Waals surface area contributed by atoms with Gasteiger partial charge in [0.15, 0.2) is 8.07 Å². The van der Waals surface area contributed by atoms with Crippen LogP contribution in [0.2, 0.25) is 0 Å². The van der Waals surface area contributed by atoms with Gasteiger partial charge in [0.1, 0.15) is 0 Å². The summed E-state index contributed by atoms with van der Waals surface area (Å²) in [7, 11) is -2.67. The molecule has 55 heavy (non-hydrogen) atoms. The summed E-state index contributed by atoms with van der Waals surface area (Å²) in [5.74, 6) is 0. The molecule has 0 bridgehead atoms. The Morgan fingerprint density at radius 3 is 1.36 bits per heavy atom. The molecule has 1 heterocycles. The lowest BCUT2D eigenvalue weighted by Gasteiger charge is -2.35. The fraction of sp³-hybridized carbons (Fsp3) is 0. The van der Waals surface area contributed by atoms with E-state index in [1.54, 1.807) is 0 Å². The van der Waals surface area contributed by atoms with Gasteiger partial charge in [0.25, 0.3) is 0 Å². The van der Waals surface area contributed by atoms with Gasteiger partial charge in [-0.2, -0.15) is 0 Å². The lowest BCUT2D eigenvalue weighted by atomic mass is 10.0. The fourth-order valence-electron chi connectivity index (χ4n) is 8.47. The summed E-state index contributed by atoms with van der Waals surface area (Å²) in [5, 5.41) is 10.6. The van der Waals surface area contributed by atoms with Crippen molar-refractivity contribution < 1.29 is 0 Å².